The van der Waals surface area contributed by atoms with Crippen LogP contribution in [0.1, 0.15) is 23.2 Å². The summed E-state index contributed by atoms with van der Waals surface area (Å²) in [4.78, 5) is 13.6. The van der Waals surface area contributed by atoms with Crippen LogP contribution in [0, 0.1) is 5.82 Å². The van der Waals surface area contributed by atoms with Crippen molar-refractivity contribution < 1.29 is 22.7 Å². The van der Waals surface area contributed by atoms with Gasteiger partial charge in [-0.2, -0.15) is 0 Å². The molecule has 2 rings (SSSR count). The first-order valence-corrected chi connectivity index (χ1v) is 6.72. The normalized spacial score (nSPS) is 17.6. The molecule has 1 aromatic rings. The SMILES string of the molecule is NCCOc1ccc(F)cc1C(=O)N1CCC(F)(F)CC1. The standard InChI is InChI=1S/C14H17F3N2O2/c15-10-1-2-12(21-8-5-18)11(9-10)13(20)19-6-3-14(16,17)4-7-19/h1-2,9H,3-8,18H2. The summed E-state index contributed by atoms with van der Waals surface area (Å²) in [5, 5.41) is 0. The Bertz CT molecular complexity index is 513. The lowest BCUT2D eigenvalue weighted by molar-refractivity contribution is -0.0494. The highest BCUT2D eigenvalue weighted by molar-refractivity contribution is 5.97. The molecule has 0 atom stereocenters. The van der Waals surface area contributed by atoms with Gasteiger partial charge in [0.1, 0.15) is 18.2 Å². The van der Waals surface area contributed by atoms with Crippen molar-refractivity contribution in [3.63, 3.8) is 0 Å². The maximum absolute atomic E-state index is 13.3. The van der Waals surface area contributed by atoms with Crippen LogP contribution in [0.15, 0.2) is 18.2 Å². The van der Waals surface area contributed by atoms with Gasteiger partial charge >= 0.3 is 0 Å². The molecule has 1 heterocycles. The highest BCUT2D eigenvalue weighted by Crippen LogP contribution is 2.30. The first-order valence-electron chi connectivity index (χ1n) is 6.72. The van der Waals surface area contributed by atoms with E-state index in [-0.39, 0.29) is 50.4 Å². The van der Waals surface area contributed by atoms with Crippen molar-refractivity contribution in [3.05, 3.63) is 29.6 Å². The number of hydrogen-bond donors (Lipinski definition) is 1. The number of benzene rings is 1. The molecule has 21 heavy (non-hydrogen) atoms. The van der Waals surface area contributed by atoms with E-state index in [0.29, 0.717) is 0 Å². The van der Waals surface area contributed by atoms with E-state index in [4.69, 9.17) is 10.5 Å². The molecule has 116 valence electrons. The van der Waals surface area contributed by atoms with E-state index >= 15 is 0 Å². The Morgan fingerprint density at radius 2 is 2.00 bits per heavy atom. The fraction of sp³-hybridized carbons (Fsp3) is 0.500. The van der Waals surface area contributed by atoms with E-state index in [2.05, 4.69) is 0 Å². The van der Waals surface area contributed by atoms with Crippen molar-refractivity contribution in [2.24, 2.45) is 5.73 Å². The van der Waals surface area contributed by atoms with Crippen molar-refractivity contribution >= 4 is 5.91 Å². The van der Waals surface area contributed by atoms with Crippen LogP contribution in [0.5, 0.6) is 5.75 Å². The van der Waals surface area contributed by atoms with E-state index in [1.807, 2.05) is 0 Å². The molecule has 0 unspecified atom stereocenters. The van der Waals surface area contributed by atoms with Crippen LogP contribution >= 0.6 is 0 Å². The zero-order valence-corrected chi connectivity index (χ0v) is 11.4. The largest absolute Gasteiger partial charge is 0.491 e. The molecular weight excluding hydrogens is 285 g/mol. The molecule has 1 aliphatic rings. The number of amides is 1. The van der Waals surface area contributed by atoms with E-state index in [0.717, 1.165) is 6.07 Å². The molecule has 1 amide bonds. The number of alkyl halides is 2. The molecule has 1 fully saturated rings. The average molecular weight is 302 g/mol. The van der Waals surface area contributed by atoms with Crippen molar-refractivity contribution in [3.8, 4) is 5.75 Å². The predicted molar refractivity (Wildman–Crippen MR) is 71.0 cm³/mol. The smallest absolute Gasteiger partial charge is 0.257 e. The van der Waals surface area contributed by atoms with Gasteiger partial charge in [-0.15, -0.1) is 0 Å². The minimum atomic E-state index is -2.74. The number of carbonyl (C=O) groups is 1. The first kappa shape index (κ1) is 15.6. The minimum absolute atomic E-state index is 0.0358. The molecular formula is C14H17F3N2O2. The predicted octanol–water partition coefficient (Wildman–Crippen LogP) is 2.03. The lowest BCUT2D eigenvalue weighted by atomic mass is 10.1. The van der Waals surface area contributed by atoms with Crippen LogP contribution in [-0.2, 0) is 0 Å². The van der Waals surface area contributed by atoms with Gasteiger partial charge in [-0.25, -0.2) is 13.2 Å². The van der Waals surface area contributed by atoms with Gasteiger partial charge in [-0.05, 0) is 18.2 Å². The van der Waals surface area contributed by atoms with Crippen LogP contribution in [0.2, 0.25) is 0 Å². The molecule has 0 saturated carbocycles. The third kappa shape index (κ3) is 3.87. The fourth-order valence-corrected chi connectivity index (χ4v) is 2.17. The molecule has 4 nitrogen and oxygen atoms in total. The molecule has 1 aliphatic heterocycles. The van der Waals surface area contributed by atoms with Crippen molar-refractivity contribution in [1.82, 2.24) is 4.90 Å². The van der Waals surface area contributed by atoms with Crippen LogP contribution in [-0.4, -0.2) is 43.0 Å². The number of likely N-dealkylation sites (tertiary alicyclic amines) is 1. The first-order chi connectivity index (χ1) is 9.93. The third-order valence-electron chi connectivity index (χ3n) is 3.33. The van der Waals surface area contributed by atoms with E-state index in [1.54, 1.807) is 0 Å². The highest BCUT2D eigenvalue weighted by atomic mass is 19.3. The summed E-state index contributed by atoms with van der Waals surface area (Å²) < 4.78 is 44.9. The second-order valence-corrected chi connectivity index (χ2v) is 4.93. The number of halogens is 3. The second kappa shape index (κ2) is 6.34. The summed E-state index contributed by atoms with van der Waals surface area (Å²) in [5.41, 5.74) is 5.36. The van der Waals surface area contributed by atoms with Crippen molar-refractivity contribution in [2.45, 2.75) is 18.8 Å². The van der Waals surface area contributed by atoms with Crippen LogP contribution in [0.25, 0.3) is 0 Å². The maximum atomic E-state index is 13.3. The molecule has 7 heteroatoms. The second-order valence-electron chi connectivity index (χ2n) is 4.93. The molecule has 0 aromatic heterocycles. The summed E-state index contributed by atoms with van der Waals surface area (Å²) in [6.07, 6.45) is -0.764. The highest BCUT2D eigenvalue weighted by Gasteiger charge is 2.36. The lowest BCUT2D eigenvalue weighted by Crippen LogP contribution is -2.42. The molecule has 2 N–H and O–H groups in total. The fourth-order valence-electron chi connectivity index (χ4n) is 2.17. The minimum Gasteiger partial charge on any atom is -0.491 e. The number of rotatable bonds is 4. The molecule has 0 radical (unpaired) electrons. The van der Waals surface area contributed by atoms with Crippen molar-refractivity contribution in [2.75, 3.05) is 26.2 Å². The number of hydrogen-bond acceptors (Lipinski definition) is 3. The molecule has 0 aliphatic carbocycles. The Hall–Kier alpha value is -1.76. The number of carbonyl (C=O) groups excluding carboxylic acids is 1. The van der Waals surface area contributed by atoms with E-state index in [1.165, 1.54) is 17.0 Å². The molecule has 1 aromatic carbocycles. The number of nitrogens with two attached hydrogens (primary N) is 1. The van der Waals surface area contributed by atoms with Crippen molar-refractivity contribution in [1.29, 1.82) is 0 Å². The van der Waals surface area contributed by atoms with E-state index in [9.17, 15) is 18.0 Å². The summed E-state index contributed by atoms with van der Waals surface area (Å²) in [6.45, 7) is 0.322. The van der Waals surface area contributed by atoms with Crippen LogP contribution in [0.3, 0.4) is 0 Å². The number of piperidine rings is 1. The lowest BCUT2D eigenvalue weighted by Gasteiger charge is -2.32. The van der Waals surface area contributed by atoms with Gasteiger partial charge in [0.2, 0.25) is 0 Å². The molecule has 0 bridgehead atoms. The average Bonchev–Trinajstić information content (AvgIpc) is 2.45. The Morgan fingerprint density at radius 3 is 2.62 bits per heavy atom. The van der Waals surface area contributed by atoms with Crippen LogP contribution in [0.4, 0.5) is 13.2 Å². The number of ether oxygens (including phenoxy) is 1. The molecule has 0 spiro atoms. The van der Waals surface area contributed by atoms with Gasteiger partial charge in [0, 0.05) is 32.5 Å². The van der Waals surface area contributed by atoms with Gasteiger partial charge in [0.25, 0.3) is 11.8 Å². The van der Waals surface area contributed by atoms with E-state index < -0.39 is 17.6 Å². The number of nitrogens with zero attached hydrogens (tertiary/aromatic N) is 1. The van der Waals surface area contributed by atoms with Gasteiger partial charge in [-0.1, -0.05) is 0 Å². The summed E-state index contributed by atoms with van der Waals surface area (Å²) in [7, 11) is 0. The monoisotopic (exact) mass is 302 g/mol. The summed E-state index contributed by atoms with van der Waals surface area (Å²) in [6, 6.07) is 3.57. The molecule has 1 saturated heterocycles. The third-order valence-corrected chi connectivity index (χ3v) is 3.33. The zero-order valence-electron chi connectivity index (χ0n) is 11.4. The summed E-state index contributed by atoms with van der Waals surface area (Å²) in [5.74, 6) is -3.61. The van der Waals surface area contributed by atoms with Crippen LogP contribution < -0.4 is 10.5 Å². The van der Waals surface area contributed by atoms with Gasteiger partial charge in [0.05, 0.1) is 5.56 Å². The Morgan fingerprint density at radius 1 is 1.33 bits per heavy atom. The Labute approximate surface area is 120 Å². The van der Waals surface area contributed by atoms with Gasteiger partial charge in [-0.3, -0.25) is 4.79 Å². The topological polar surface area (TPSA) is 55.6 Å². The maximum Gasteiger partial charge on any atom is 0.257 e. The zero-order chi connectivity index (χ0) is 15.5. The van der Waals surface area contributed by atoms with Gasteiger partial charge in [0.15, 0.2) is 0 Å². The van der Waals surface area contributed by atoms with Gasteiger partial charge < -0.3 is 15.4 Å². The Balaban J connectivity index is 2.16. The Kier molecular flexibility index (Phi) is 4.72. The quantitative estimate of drug-likeness (QED) is 0.926. The summed E-state index contributed by atoms with van der Waals surface area (Å²) >= 11 is 0.